The van der Waals surface area contributed by atoms with Crippen molar-refractivity contribution in [3.8, 4) is 5.75 Å². The molecule has 0 radical (unpaired) electrons. The van der Waals surface area contributed by atoms with Crippen molar-refractivity contribution < 1.29 is 31.5 Å². The van der Waals surface area contributed by atoms with Crippen LogP contribution in [-0.2, 0) is 0 Å². The number of benzene rings is 2. The Morgan fingerprint density at radius 1 is 0.889 bits per heavy atom. The zero-order valence-electron chi connectivity index (χ0n) is 15.5. The molecule has 0 saturated carbocycles. The zero-order chi connectivity index (χ0) is 20.7. The van der Waals surface area contributed by atoms with Gasteiger partial charge in [-0.1, -0.05) is 46.2 Å². The van der Waals surface area contributed by atoms with E-state index in [4.69, 9.17) is 0 Å². The fourth-order valence-corrected chi connectivity index (χ4v) is 2.37. The van der Waals surface area contributed by atoms with E-state index in [1.807, 2.05) is 27.7 Å². The highest BCUT2D eigenvalue weighted by molar-refractivity contribution is 5.91. The first kappa shape index (κ1) is 22.6. The molecule has 0 N–H and O–H groups in total. The van der Waals surface area contributed by atoms with Crippen molar-refractivity contribution >= 4 is 5.97 Å². The number of hydrogen-bond acceptors (Lipinski definition) is 2. The molecule has 7 heteroatoms. The predicted molar refractivity (Wildman–Crippen MR) is 92.3 cm³/mol. The van der Waals surface area contributed by atoms with Crippen LogP contribution in [0.1, 0.15) is 62.4 Å². The third kappa shape index (κ3) is 5.05. The van der Waals surface area contributed by atoms with Crippen LogP contribution in [0.3, 0.4) is 0 Å². The van der Waals surface area contributed by atoms with Gasteiger partial charge in [0.05, 0.1) is 5.56 Å². The van der Waals surface area contributed by atoms with E-state index in [9.17, 15) is 26.7 Å². The van der Waals surface area contributed by atoms with Gasteiger partial charge in [-0.25, -0.2) is 18.0 Å². The Hall–Kier alpha value is -2.44. The molecule has 2 nitrogen and oxygen atoms in total. The molecule has 0 aliphatic rings. The number of hydrogen-bond donors (Lipinski definition) is 0. The minimum Gasteiger partial charge on any atom is -0.416 e. The van der Waals surface area contributed by atoms with Crippen LogP contribution in [0, 0.1) is 29.1 Å². The highest BCUT2D eigenvalue weighted by atomic mass is 19.2. The molecule has 0 aromatic heterocycles. The highest BCUT2D eigenvalue weighted by Gasteiger charge is 2.28. The number of esters is 1. The first-order valence-corrected chi connectivity index (χ1v) is 8.61. The molecular weight excluding hydrogens is 367 g/mol. The average Bonchev–Trinajstić information content (AvgIpc) is 2.70. The molecule has 0 spiro atoms. The van der Waals surface area contributed by atoms with E-state index in [2.05, 4.69) is 4.74 Å². The zero-order valence-corrected chi connectivity index (χ0v) is 15.5. The van der Waals surface area contributed by atoms with Gasteiger partial charge in [-0.2, -0.15) is 8.78 Å². The van der Waals surface area contributed by atoms with E-state index in [1.165, 1.54) is 12.1 Å². The summed E-state index contributed by atoms with van der Waals surface area (Å²) in [6.07, 6.45) is 1.92. The van der Waals surface area contributed by atoms with Crippen molar-refractivity contribution in [1.82, 2.24) is 0 Å². The lowest BCUT2D eigenvalue weighted by Crippen LogP contribution is -2.13. The van der Waals surface area contributed by atoms with Crippen LogP contribution >= 0.6 is 0 Å². The molecule has 0 heterocycles. The summed E-state index contributed by atoms with van der Waals surface area (Å²) in [7, 11) is 0. The summed E-state index contributed by atoms with van der Waals surface area (Å²) in [5.74, 6) is -13.6. The van der Waals surface area contributed by atoms with E-state index in [0.29, 0.717) is 0 Å². The van der Waals surface area contributed by atoms with Crippen LogP contribution in [0.2, 0.25) is 0 Å². The van der Waals surface area contributed by atoms with E-state index in [0.717, 1.165) is 18.4 Å². The first-order chi connectivity index (χ1) is 12.8. The topological polar surface area (TPSA) is 26.3 Å². The SMILES string of the molecule is CC.CCCC(C)c1ccc(C(=O)Oc2c(F)c(F)c(F)c(F)c2F)cc1. The van der Waals surface area contributed by atoms with E-state index in [-0.39, 0.29) is 11.5 Å². The van der Waals surface area contributed by atoms with Gasteiger partial charge >= 0.3 is 5.97 Å². The fourth-order valence-electron chi connectivity index (χ4n) is 2.37. The third-order valence-corrected chi connectivity index (χ3v) is 3.80. The summed E-state index contributed by atoms with van der Waals surface area (Å²) in [6, 6.07) is 6.04. The molecular formula is C20H21F5O2. The minimum absolute atomic E-state index is 0.0728. The second kappa shape index (κ2) is 10.0. The van der Waals surface area contributed by atoms with Crippen molar-refractivity contribution in [3.63, 3.8) is 0 Å². The number of ether oxygens (including phenoxy) is 1. The Bertz CT molecular complexity index is 759. The van der Waals surface area contributed by atoms with Crippen LogP contribution in [0.4, 0.5) is 22.0 Å². The third-order valence-electron chi connectivity index (χ3n) is 3.80. The number of carbonyl (C=O) groups excluding carboxylic acids is 1. The molecule has 0 amide bonds. The molecule has 148 valence electrons. The van der Waals surface area contributed by atoms with Crippen LogP contribution in [-0.4, -0.2) is 5.97 Å². The smallest absolute Gasteiger partial charge is 0.343 e. The maximum atomic E-state index is 13.5. The van der Waals surface area contributed by atoms with Gasteiger partial charge in [0.2, 0.25) is 34.8 Å². The lowest BCUT2D eigenvalue weighted by molar-refractivity contribution is 0.0716. The molecule has 2 aromatic rings. The number of halogens is 5. The summed E-state index contributed by atoms with van der Waals surface area (Å²) in [5.41, 5.74) is 0.881. The van der Waals surface area contributed by atoms with Gasteiger partial charge in [-0.3, -0.25) is 0 Å². The normalized spacial score (nSPS) is 11.4. The Kier molecular flexibility index (Phi) is 8.40. The summed E-state index contributed by atoms with van der Waals surface area (Å²) < 4.78 is 70.7. The monoisotopic (exact) mass is 388 g/mol. The molecule has 1 atom stereocenters. The van der Waals surface area contributed by atoms with Crippen molar-refractivity contribution in [2.24, 2.45) is 0 Å². The molecule has 0 saturated heterocycles. The second-order valence-corrected chi connectivity index (χ2v) is 5.60. The van der Waals surface area contributed by atoms with Crippen molar-refractivity contribution in [2.75, 3.05) is 0 Å². The van der Waals surface area contributed by atoms with Crippen molar-refractivity contribution in [3.05, 3.63) is 64.5 Å². The van der Waals surface area contributed by atoms with Crippen molar-refractivity contribution in [2.45, 2.75) is 46.5 Å². The van der Waals surface area contributed by atoms with Gasteiger partial charge in [0, 0.05) is 0 Å². The standard InChI is InChI=1S/C18H15F5O2.C2H6/c1-3-4-9(2)10-5-7-11(8-6-10)18(24)25-17-15(22)13(20)12(19)14(21)16(17)23;1-2/h5-9H,3-4H2,1-2H3;1-2H3. The van der Waals surface area contributed by atoms with Gasteiger partial charge in [-0.15, -0.1) is 0 Å². The van der Waals surface area contributed by atoms with E-state index < -0.39 is 40.8 Å². The van der Waals surface area contributed by atoms with Crippen molar-refractivity contribution in [1.29, 1.82) is 0 Å². The second-order valence-electron chi connectivity index (χ2n) is 5.60. The number of rotatable bonds is 5. The molecule has 2 aromatic carbocycles. The van der Waals surface area contributed by atoms with Crippen LogP contribution in [0.15, 0.2) is 24.3 Å². The van der Waals surface area contributed by atoms with Gasteiger partial charge < -0.3 is 4.74 Å². The first-order valence-electron chi connectivity index (χ1n) is 8.61. The largest absolute Gasteiger partial charge is 0.416 e. The molecule has 0 aliphatic carbocycles. The molecule has 1 unspecified atom stereocenters. The Morgan fingerprint density at radius 3 is 1.78 bits per heavy atom. The maximum Gasteiger partial charge on any atom is 0.343 e. The van der Waals surface area contributed by atoms with Gasteiger partial charge in [0.1, 0.15) is 0 Å². The summed E-state index contributed by atoms with van der Waals surface area (Å²) >= 11 is 0. The summed E-state index contributed by atoms with van der Waals surface area (Å²) in [4.78, 5) is 11.9. The van der Waals surface area contributed by atoms with Crippen LogP contribution in [0.5, 0.6) is 5.75 Å². The minimum atomic E-state index is -2.32. The fraction of sp³-hybridized carbons (Fsp3) is 0.350. The molecule has 0 fully saturated rings. The average molecular weight is 388 g/mol. The molecule has 2 rings (SSSR count). The highest BCUT2D eigenvalue weighted by Crippen LogP contribution is 2.30. The predicted octanol–water partition coefficient (Wildman–Crippen LogP) is 6.53. The Morgan fingerprint density at radius 2 is 1.33 bits per heavy atom. The van der Waals surface area contributed by atoms with E-state index in [1.54, 1.807) is 12.1 Å². The van der Waals surface area contributed by atoms with Gasteiger partial charge in [-0.05, 0) is 30.0 Å². The van der Waals surface area contributed by atoms with Gasteiger partial charge in [0.15, 0.2) is 0 Å². The lowest BCUT2D eigenvalue weighted by atomic mass is 9.96. The summed E-state index contributed by atoms with van der Waals surface area (Å²) in [6.45, 7) is 8.04. The summed E-state index contributed by atoms with van der Waals surface area (Å²) in [5, 5.41) is 0. The Labute approximate surface area is 155 Å². The van der Waals surface area contributed by atoms with E-state index >= 15 is 0 Å². The quantitative estimate of drug-likeness (QED) is 0.191. The molecule has 0 aliphatic heterocycles. The number of carbonyl (C=O) groups is 1. The Balaban J connectivity index is 0.00000176. The van der Waals surface area contributed by atoms with Crippen LogP contribution in [0.25, 0.3) is 0 Å². The molecule has 27 heavy (non-hydrogen) atoms. The van der Waals surface area contributed by atoms with Gasteiger partial charge in [0.25, 0.3) is 0 Å². The lowest BCUT2D eigenvalue weighted by Gasteiger charge is -2.12. The molecule has 0 bridgehead atoms. The maximum absolute atomic E-state index is 13.5. The van der Waals surface area contributed by atoms with Crippen LogP contribution < -0.4 is 4.74 Å².